The molecule has 0 aliphatic rings. The van der Waals surface area contributed by atoms with Crippen LogP contribution in [0.5, 0.6) is 0 Å². The number of carbonyl (C=O) groups excluding carboxylic acids is 1. The molecule has 0 spiro atoms. The minimum atomic E-state index is -3.86. The Balaban J connectivity index is 3.12. The van der Waals surface area contributed by atoms with Gasteiger partial charge in [0.2, 0.25) is 10.0 Å². The Labute approximate surface area is 129 Å². The third-order valence-electron chi connectivity index (χ3n) is 3.05. The topological polar surface area (TPSA) is 101 Å². The number of ether oxygens (including phenoxy) is 1. The third kappa shape index (κ3) is 4.28. The van der Waals surface area contributed by atoms with Gasteiger partial charge in [-0.05, 0) is 31.5 Å². The first-order chi connectivity index (χ1) is 10.2. The zero-order valence-electron chi connectivity index (χ0n) is 12.7. The molecule has 0 fully saturated rings. The molecule has 0 atom stereocenters. The predicted molar refractivity (Wildman–Crippen MR) is 79.2 cm³/mol. The molecule has 1 aromatic carbocycles. The average Bonchev–Trinajstić information content (AvgIpc) is 2.44. The molecule has 0 aliphatic heterocycles. The van der Waals surface area contributed by atoms with Crippen LogP contribution in [0, 0.1) is 6.92 Å². The van der Waals surface area contributed by atoms with E-state index in [1.807, 2.05) is 0 Å². The Kier molecular flexibility index (Phi) is 6.07. The van der Waals surface area contributed by atoms with Gasteiger partial charge in [-0.3, -0.25) is 4.79 Å². The van der Waals surface area contributed by atoms with E-state index in [0.29, 0.717) is 5.56 Å². The summed E-state index contributed by atoms with van der Waals surface area (Å²) in [4.78, 5) is 22.3. The summed E-state index contributed by atoms with van der Waals surface area (Å²) in [6, 6.07) is 4.15. The SMILES string of the molecule is CCOC(=O)c1cc(S(=O)(=O)N(C)CCC(=O)O)ccc1C. The summed E-state index contributed by atoms with van der Waals surface area (Å²) >= 11 is 0. The third-order valence-corrected chi connectivity index (χ3v) is 4.91. The van der Waals surface area contributed by atoms with E-state index in [9.17, 15) is 18.0 Å². The molecule has 0 radical (unpaired) electrons. The fraction of sp³-hybridized carbons (Fsp3) is 0.429. The Morgan fingerprint density at radius 1 is 1.32 bits per heavy atom. The molecule has 1 aromatic rings. The molecule has 1 rings (SSSR count). The molecular weight excluding hydrogens is 310 g/mol. The number of aliphatic carboxylic acids is 1. The van der Waals surface area contributed by atoms with Crippen molar-refractivity contribution in [2.45, 2.75) is 25.2 Å². The van der Waals surface area contributed by atoms with Crippen molar-refractivity contribution < 1.29 is 27.9 Å². The van der Waals surface area contributed by atoms with Crippen LogP contribution >= 0.6 is 0 Å². The van der Waals surface area contributed by atoms with Gasteiger partial charge >= 0.3 is 11.9 Å². The van der Waals surface area contributed by atoms with Gasteiger partial charge in [0.1, 0.15) is 0 Å². The van der Waals surface area contributed by atoms with Crippen LogP contribution in [0.3, 0.4) is 0 Å². The van der Waals surface area contributed by atoms with Gasteiger partial charge in [-0.25, -0.2) is 17.5 Å². The molecule has 1 N–H and O–H groups in total. The molecule has 22 heavy (non-hydrogen) atoms. The van der Waals surface area contributed by atoms with Gasteiger partial charge in [-0.1, -0.05) is 6.07 Å². The Morgan fingerprint density at radius 2 is 1.95 bits per heavy atom. The summed E-state index contributed by atoms with van der Waals surface area (Å²) in [5.74, 6) is -1.68. The van der Waals surface area contributed by atoms with Crippen molar-refractivity contribution in [1.29, 1.82) is 0 Å². The van der Waals surface area contributed by atoms with Crippen LogP contribution in [0.25, 0.3) is 0 Å². The Morgan fingerprint density at radius 3 is 2.50 bits per heavy atom. The maximum Gasteiger partial charge on any atom is 0.338 e. The Hall–Kier alpha value is -1.93. The van der Waals surface area contributed by atoms with Gasteiger partial charge in [0, 0.05) is 13.6 Å². The van der Waals surface area contributed by atoms with E-state index in [2.05, 4.69) is 0 Å². The van der Waals surface area contributed by atoms with Crippen LogP contribution < -0.4 is 0 Å². The summed E-state index contributed by atoms with van der Waals surface area (Å²) in [7, 11) is -2.57. The fourth-order valence-corrected chi connectivity index (χ4v) is 2.94. The monoisotopic (exact) mass is 329 g/mol. The quantitative estimate of drug-likeness (QED) is 0.756. The summed E-state index contributed by atoms with van der Waals surface area (Å²) in [6.45, 7) is 3.37. The highest BCUT2D eigenvalue weighted by molar-refractivity contribution is 7.89. The molecule has 0 unspecified atom stereocenters. The number of rotatable bonds is 7. The van der Waals surface area contributed by atoms with Gasteiger partial charge in [-0.2, -0.15) is 0 Å². The van der Waals surface area contributed by atoms with Crippen molar-refractivity contribution >= 4 is 22.0 Å². The van der Waals surface area contributed by atoms with Crippen molar-refractivity contribution in [2.24, 2.45) is 0 Å². The summed E-state index contributed by atoms with van der Waals surface area (Å²) < 4.78 is 30.6. The molecule has 8 heteroatoms. The number of benzene rings is 1. The zero-order valence-corrected chi connectivity index (χ0v) is 13.5. The lowest BCUT2D eigenvalue weighted by atomic mass is 10.1. The highest BCUT2D eigenvalue weighted by Crippen LogP contribution is 2.19. The van der Waals surface area contributed by atoms with E-state index in [1.54, 1.807) is 13.8 Å². The summed E-state index contributed by atoms with van der Waals surface area (Å²) in [5.41, 5.74) is 0.778. The maximum absolute atomic E-state index is 12.4. The summed E-state index contributed by atoms with van der Waals surface area (Å²) in [6.07, 6.45) is -0.299. The normalized spacial score (nSPS) is 11.5. The molecule has 0 aliphatic carbocycles. The molecule has 7 nitrogen and oxygen atoms in total. The van der Waals surface area contributed by atoms with E-state index < -0.39 is 22.0 Å². The molecule has 0 amide bonds. The minimum Gasteiger partial charge on any atom is -0.481 e. The predicted octanol–water partition coefficient (Wildman–Crippen LogP) is 1.27. The molecule has 0 aromatic heterocycles. The van der Waals surface area contributed by atoms with Crippen LogP contribution in [0.1, 0.15) is 29.3 Å². The number of nitrogens with zero attached hydrogens (tertiary/aromatic N) is 1. The number of carboxylic acid groups (broad SMARTS) is 1. The minimum absolute atomic E-state index is 0.0750. The van der Waals surface area contributed by atoms with Crippen LogP contribution in [-0.4, -0.2) is 50.0 Å². The summed E-state index contributed by atoms with van der Waals surface area (Å²) in [5, 5.41) is 8.63. The van der Waals surface area contributed by atoms with Gasteiger partial charge in [0.05, 0.1) is 23.5 Å². The van der Waals surface area contributed by atoms with E-state index in [0.717, 1.165) is 4.31 Å². The number of esters is 1. The molecular formula is C14H19NO6S. The second-order valence-corrected chi connectivity index (χ2v) is 6.71. The first-order valence-electron chi connectivity index (χ1n) is 6.66. The highest BCUT2D eigenvalue weighted by Gasteiger charge is 2.23. The van der Waals surface area contributed by atoms with Crippen molar-refractivity contribution in [1.82, 2.24) is 4.31 Å². The second kappa shape index (κ2) is 7.37. The number of carboxylic acids is 1. The first kappa shape index (κ1) is 18.1. The van der Waals surface area contributed by atoms with Crippen molar-refractivity contribution in [3.63, 3.8) is 0 Å². The lowest BCUT2D eigenvalue weighted by Gasteiger charge is -2.17. The lowest BCUT2D eigenvalue weighted by Crippen LogP contribution is -2.29. The van der Waals surface area contributed by atoms with E-state index >= 15 is 0 Å². The van der Waals surface area contributed by atoms with Crippen molar-refractivity contribution in [3.8, 4) is 0 Å². The molecule has 0 heterocycles. The van der Waals surface area contributed by atoms with Crippen molar-refractivity contribution in [3.05, 3.63) is 29.3 Å². The zero-order chi connectivity index (χ0) is 16.9. The number of hydrogen-bond donors (Lipinski definition) is 1. The maximum atomic E-state index is 12.4. The smallest absolute Gasteiger partial charge is 0.338 e. The van der Waals surface area contributed by atoms with Gasteiger partial charge in [0.25, 0.3) is 0 Å². The molecule has 0 saturated heterocycles. The van der Waals surface area contributed by atoms with Crippen LogP contribution in [0.2, 0.25) is 0 Å². The van der Waals surface area contributed by atoms with Gasteiger partial charge < -0.3 is 9.84 Å². The molecule has 122 valence electrons. The number of hydrogen-bond acceptors (Lipinski definition) is 5. The molecule has 0 saturated carbocycles. The van der Waals surface area contributed by atoms with E-state index in [-0.39, 0.29) is 30.0 Å². The van der Waals surface area contributed by atoms with Crippen LogP contribution in [-0.2, 0) is 19.6 Å². The number of carbonyl (C=O) groups is 2. The second-order valence-electron chi connectivity index (χ2n) is 4.67. The largest absolute Gasteiger partial charge is 0.481 e. The van der Waals surface area contributed by atoms with E-state index in [4.69, 9.17) is 9.84 Å². The van der Waals surface area contributed by atoms with Crippen molar-refractivity contribution in [2.75, 3.05) is 20.2 Å². The van der Waals surface area contributed by atoms with Gasteiger partial charge in [-0.15, -0.1) is 0 Å². The van der Waals surface area contributed by atoms with E-state index in [1.165, 1.54) is 25.2 Å². The number of aryl methyl sites for hydroxylation is 1. The lowest BCUT2D eigenvalue weighted by molar-refractivity contribution is -0.137. The van der Waals surface area contributed by atoms with Gasteiger partial charge in [0.15, 0.2) is 0 Å². The molecule has 0 bridgehead atoms. The fourth-order valence-electron chi connectivity index (χ4n) is 1.74. The first-order valence-corrected chi connectivity index (χ1v) is 8.10. The standard InChI is InChI=1S/C14H19NO6S/c1-4-21-14(18)12-9-11(6-5-10(12)2)22(19,20)15(3)8-7-13(16)17/h5-6,9H,4,7-8H2,1-3H3,(H,16,17). The average molecular weight is 329 g/mol. The number of sulfonamides is 1. The van der Waals surface area contributed by atoms with Crippen LogP contribution in [0.4, 0.5) is 0 Å². The highest BCUT2D eigenvalue weighted by atomic mass is 32.2. The Bertz CT molecular complexity index is 668. The van der Waals surface area contributed by atoms with Crippen LogP contribution in [0.15, 0.2) is 23.1 Å².